The predicted molar refractivity (Wildman–Crippen MR) is 77.1 cm³/mol. The topological polar surface area (TPSA) is 50.4 Å². The Hall–Kier alpha value is -1.39. The van der Waals surface area contributed by atoms with Gasteiger partial charge in [0.25, 0.3) is 0 Å². The summed E-state index contributed by atoms with van der Waals surface area (Å²) in [4.78, 5) is 11.5. The van der Waals surface area contributed by atoms with Crippen molar-refractivity contribution in [2.24, 2.45) is 0 Å². The molecule has 19 heavy (non-hydrogen) atoms. The number of hydrogen-bond donors (Lipinski definition) is 2. The molecule has 1 amide bonds. The second-order valence-electron chi connectivity index (χ2n) is 4.65. The number of hydrogen-bond acceptors (Lipinski definition) is 3. The van der Waals surface area contributed by atoms with Crippen molar-refractivity contribution in [1.82, 2.24) is 10.6 Å². The van der Waals surface area contributed by atoms with Gasteiger partial charge >= 0.3 is 0 Å². The van der Waals surface area contributed by atoms with Crippen LogP contribution in [-0.4, -0.2) is 38.8 Å². The normalized spacial score (nSPS) is 12.1. The minimum atomic E-state index is 0.0172. The first-order chi connectivity index (χ1) is 9.22. The molecule has 1 atom stereocenters. The Balaban J connectivity index is 2.10. The fourth-order valence-corrected chi connectivity index (χ4v) is 1.75. The second-order valence-corrected chi connectivity index (χ2v) is 4.65. The zero-order valence-electron chi connectivity index (χ0n) is 11.8. The standard InChI is InChI=1S/C15H24N2O2/c1-13(8-9-14-6-4-3-5-7-14)17-12-15(18)16-10-11-19-2/h3-7,13,17H,8-12H2,1-2H3,(H,16,18). The summed E-state index contributed by atoms with van der Waals surface area (Å²) in [5.74, 6) is 0.0172. The number of nitrogens with one attached hydrogen (secondary N) is 2. The number of carbonyl (C=O) groups excluding carboxylic acids is 1. The molecule has 2 N–H and O–H groups in total. The number of amides is 1. The third-order valence-corrected chi connectivity index (χ3v) is 2.95. The van der Waals surface area contributed by atoms with Crippen LogP contribution in [0.5, 0.6) is 0 Å². The molecule has 106 valence electrons. The molecule has 1 unspecified atom stereocenters. The van der Waals surface area contributed by atoms with E-state index in [1.807, 2.05) is 6.07 Å². The van der Waals surface area contributed by atoms with Crippen LogP contribution in [0.15, 0.2) is 30.3 Å². The lowest BCUT2D eigenvalue weighted by Crippen LogP contribution is -2.39. The smallest absolute Gasteiger partial charge is 0.234 e. The maximum atomic E-state index is 11.5. The Labute approximate surface area is 115 Å². The number of ether oxygens (including phenoxy) is 1. The Morgan fingerprint density at radius 2 is 2.05 bits per heavy atom. The summed E-state index contributed by atoms with van der Waals surface area (Å²) < 4.78 is 4.87. The first-order valence-corrected chi connectivity index (χ1v) is 6.75. The van der Waals surface area contributed by atoms with Crippen LogP contribution in [-0.2, 0) is 16.0 Å². The van der Waals surface area contributed by atoms with E-state index in [1.54, 1.807) is 7.11 Å². The average molecular weight is 264 g/mol. The van der Waals surface area contributed by atoms with Gasteiger partial charge < -0.3 is 15.4 Å². The molecular formula is C15H24N2O2. The first-order valence-electron chi connectivity index (χ1n) is 6.75. The largest absolute Gasteiger partial charge is 0.383 e. The van der Waals surface area contributed by atoms with Crippen LogP contribution in [0.4, 0.5) is 0 Å². The van der Waals surface area contributed by atoms with E-state index in [4.69, 9.17) is 4.74 Å². The van der Waals surface area contributed by atoms with Crippen molar-refractivity contribution >= 4 is 5.91 Å². The van der Waals surface area contributed by atoms with Crippen LogP contribution in [0.1, 0.15) is 18.9 Å². The lowest BCUT2D eigenvalue weighted by Gasteiger charge is -2.13. The van der Waals surface area contributed by atoms with Crippen LogP contribution >= 0.6 is 0 Å². The molecular weight excluding hydrogens is 240 g/mol. The van der Waals surface area contributed by atoms with Gasteiger partial charge in [0, 0.05) is 19.7 Å². The number of aryl methyl sites for hydroxylation is 1. The fourth-order valence-electron chi connectivity index (χ4n) is 1.75. The van der Waals surface area contributed by atoms with Gasteiger partial charge in [-0.3, -0.25) is 4.79 Å². The lowest BCUT2D eigenvalue weighted by molar-refractivity contribution is -0.120. The van der Waals surface area contributed by atoms with Crippen molar-refractivity contribution in [3.63, 3.8) is 0 Å². The van der Waals surface area contributed by atoms with E-state index >= 15 is 0 Å². The molecule has 0 fully saturated rings. The molecule has 0 aliphatic carbocycles. The van der Waals surface area contributed by atoms with Gasteiger partial charge in [0.1, 0.15) is 0 Å². The van der Waals surface area contributed by atoms with Crippen molar-refractivity contribution in [3.05, 3.63) is 35.9 Å². The van der Waals surface area contributed by atoms with E-state index in [0.717, 1.165) is 12.8 Å². The highest BCUT2D eigenvalue weighted by Crippen LogP contribution is 2.04. The van der Waals surface area contributed by atoms with Crippen LogP contribution in [0.2, 0.25) is 0 Å². The molecule has 0 radical (unpaired) electrons. The number of benzene rings is 1. The Morgan fingerprint density at radius 1 is 1.32 bits per heavy atom. The van der Waals surface area contributed by atoms with Gasteiger partial charge in [-0.1, -0.05) is 30.3 Å². The van der Waals surface area contributed by atoms with E-state index in [0.29, 0.717) is 25.7 Å². The van der Waals surface area contributed by atoms with E-state index in [1.165, 1.54) is 5.56 Å². The summed E-state index contributed by atoms with van der Waals surface area (Å²) in [7, 11) is 1.62. The quantitative estimate of drug-likeness (QED) is 0.662. The number of carbonyl (C=O) groups is 1. The zero-order valence-corrected chi connectivity index (χ0v) is 11.8. The van der Waals surface area contributed by atoms with E-state index in [2.05, 4.69) is 41.8 Å². The average Bonchev–Trinajstić information content (AvgIpc) is 2.44. The van der Waals surface area contributed by atoms with E-state index < -0.39 is 0 Å². The summed E-state index contributed by atoms with van der Waals surface area (Å²) in [6.45, 7) is 3.58. The SMILES string of the molecule is COCCNC(=O)CNC(C)CCc1ccccc1. The molecule has 1 aromatic rings. The molecule has 0 spiro atoms. The monoisotopic (exact) mass is 264 g/mol. The van der Waals surface area contributed by atoms with Gasteiger partial charge in [0.05, 0.1) is 13.2 Å². The molecule has 0 bridgehead atoms. The van der Waals surface area contributed by atoms with Gasteiger partial charge in [-0.15, -0.1) is 0 Å². The van der Waals surface area contributed by atoms with Gasteiger partial charge in [-0.2, -0.15) is 0 Å². The van der Waals surface area contributed by atoms with Crippen LogP contribution in [0.25, 0.3) is 0 Å². The molecule has 4 nitrogen and oxygen atoms in total. The summed E-state index contributed by atoms with van der Waals surface area (Å²) in [5, 5.41) is 6.01. The molecule has 0 heterocycles. The summed E-state index contributed by atoms with van der Waals surface area (Å²) >= 11 is 0. The van der Waals surface area contributed by atoms with Crippen molar-refractivity contribution in [3.8, 4) is 0 Å². The molecule has 0 aliphatic heterocycles. The molecule has 1 rings (SSSR count). The number of methoxy groups -OCH3 is 1. The van der Waals surface area contributed by atoms with Gasteiger partial charge in [-0.25, -0.2) is 0 Å². The predicted octanol–water partition coefficient (Wildman–Crippen LogP) is 1.36. The molecule has 0 aliphatic rings. The molecule has 0 saturated carbocycles. The van der Waals surface area contributed by atoms with Gasteiger partial charge in [0.2, 0.25) is 5.91 Å². The van der Waals surface area contributed by atoms with Crippen LogP contribution in [0, 0.1) is 0 Å². The third-order valence-electron chi connectivity index (χ3n) is 2.95. The van der Waals surface area contributed by atoms with Crippen LogP contribution in [0.3, 0.4) is 0 Å². The highest BCUT2D eigenvalue weighted by Gasteiger charge is 2.05. The van der Waals surface area contributed by atoms with Crippen molar-refractivity contribution in [1.29, 1.82) is 0 Å². The second kappa shape index (κ2) is 9.53. The highest BCUT2D eigenvalue weighted by molar-refractivity contribution is 5.77. The fraction of sp³-hybridized carbons (Fsp3) is 0.533. The maximum Gasteiger partial charge on any atom is 0.234 e. The van der Waals surface area contributed by atoms with Crippen molar-refractivity contribution < 1.29 is 9.53 Å². The van der Waals surface area contributed by atoms with Crippen molar-refractivity contribution in [2.45, 2.75) is 25.8 Å². The maximum absolute atomic E-state index is 11.5. The van der Waals surface area contributed by atoms with Crippen LogP contribution < -0.4 is 10.6 Å². The Morgan fingerprint density at radius 3 is 2.74 bits per heavy atom. The summed E-state index contributed by atoms with van der Waals surface area (Å²) in [6, 6.07) is 10.7. The number of rotatable bonds is 9. The lowest BCUT2D eigenvalue weighted by atomic mass is 10.1. The molecule has 0 aromatic heterocycles. The van der Waals surface area contributed by atoms with E-state index in [-0.39, 0.29) is 5.91 Å². The third kappa shape index (κ3) is 7.59. The van der Waals surface area contributed by atoms with E-state index in [9.17, 15) is 4.79 Å². The summed E-state index contributed by atoms with van der Waals surface area (Å²) in [5.41, 5.74) is 1.33. The Bertz CT molecular complexity index is 354. The minimum Gasteiger partial charge on any atom is -0.383 e. The zero-order chi connectivity index (χ0) is 13.9. The summed E-state index contributed by atoms with van der Waals surface area (Å²) in [6.07, 6.45) is 2.05. The molecule has 1 aromatic carbocycles. The highest BCUT2D eigenvalue weighted by atomic mass is 16.5. The Kier molecular flexibility index (Phi) is 7.86. The minimum absolute atomic E-state index is 0.0172. The molecule has 0 saturated heterocycles. The van der Waals surface area contributed by atoms with Gasteiger partial charge in [-0.05, 0) is 25.3 Å². The van der Waals surface area contributed by atoms with Gasteiger partial charge in [0.15, 0.2) is 0 Å². The molecule has 4 heteroatoms. The van der Waals surface area contributed by atoms with Crippen molar-refractivity contribution in [2.75, 3.05) is 26.8 Å². The first kappa shape index (κ1) is 15.7.